The van der Waals surface area contributed by atoms with Crippen LogP contribution in [0.5, 0.6) is 0 Å². The number of halogens is 1. The van der Waals surface area contributed by atoms with E-state index in [-0.39, 0.29) is 28.9 Å². The van der Waals surface area contributed by atoms with Crippen molar-refractivity contribution in [3.63, 3.8) is 0 Å². The topological polar surface area (TPSA) is 104 Å². The molecular formula is C23H25ClN4O3S. The van der Waals surface area contributed by atoms with E-state index in [0.717, 1.165) is 33.7 Å². The summed E-state index contributed by atoms with van der Waals surface area (Å²) in [7, 11) is -3.61. The molecule has 1 atom stereocenters. The number of fused-ring (bicyclic) bond motifs is 2. The van der Waals surface area contributed by atoms with Crippen LogP contribution in [0.3, 0.4) is 0 Å². The number of nitrogens with zero attached hydrogens (tertiary/aromatic N) is 1. The molecule has 7 nitrogen and oxygen atoms in total. The molecular weight excluding hydrogens is 448 g/mol. The average Bonchev–Trinajstić information content (AvgIpc) is 2.76. The zero-order valence-electron chi connectivity index (χ0n) is 17.5. The van der Waals surface area contributed by atoms with Gasteiger partial charge in [-0.1, -0.05) is 12.1 Å². The van der Waals surface area contributed by atoms with Crippen molar-refractivity contribution >= 4 is 44.1 Å². The number of H-pyrrole nitrogens is 1. The van der Waals surface area contributed by atoms with Gasteiger partial charge in [0.25, 0.3) is 0 Å². The van der Waals surface area contributed by atoms with E-state index in [9.17, 15) is 13.2 Å². The number of sulfonamides is 1. The van der Waals surface area contributed by atoms with Gasteiger partial charge in [-0.25, -0.2) is 13.1 Å². The highest BCUT2D eigenvalue weighted by Gasteiger charge is 2.17. The number of nitrogens with one attached hydrogen (secondary N) is 3. The van der Waals surface area contributed by atoms with Gasteiger partial charge in [0.05, 0.1) is 4.90 Å². The molecule has 0 spiro atoms. The van der Waals surface area contributed by atoms with Crippen LogP contribution >= 0.6 is 12.4 Å². The van der Waals surface area contributed by atoms with Crippen molar-refractivity contribution in [2.45, 2.75) is 24.3 Å². The van der Waals surface area contributed by atoms with Crippen LogP contribution in [0.15, 0.2) is 76.7 Å². The average molecular weight is 473 g/mol. The maximum atomic E-state index is 12.7. The lowest BCUT2D eigenvalue weighted by atomic mass is 10.1. The van der Waals surface area contributed by atoms with Crippen molar-refractivity contribution in [1.82, 2.24) is 20.0 Å². The first-order valence-corrected chi connectivity index (χ1v) is 11.6. The van der Waals surface area contributed by atoms with Gasteiger partial charge in [0.1, 0.15) is 0 Å². The van der Waals surface area contributed by atoms with Gasteiger partial charge in [-0.15, -0.1) is 12.4 Å². The van der Waals surface area contributed by atoms with E-state index in [4.69, 9.17) is 0 Å². The Bertz CT molecular complexity index is 1390. The summed E-state index contributed by atoms with van der Waals surface area (Å²) in [6, 6.07) is 15.8. The van der Waals surface area contributed by atoms with Crippen LogP contribution in [0.1, 0.15) is 12.5 Å². The molecule has 9 heteroatoms. The monoisotopic (exact) mass is 472 g/mol. The number of aromatic amines is 1. The fraction of sp³-hybridized carbons (Fsp3) is 0.217. The third kappa shape index (κ3) is 5.72. The molecule has 4 aromatic rings. The molecule has 0 fully saturated rings. The number of benzene rings is 2. The second-order valence-corrected chi connectivity index (χ2v) is 9.32. The smallest absolute Gasteiger partial charge is 0.248 e. The van der Waals surface area contributed by atoms with Crippen molar-refractivity contribution in [3.8, 4) is 0 Å². The van der Waals surface area contributed by atoms with E-state index >= 15 is 0 Å². The Hall–Kier alpha value is -2.78. The van der Waals surface area contributed by atoms with Crippen LogP contribution in [0.4, 0.5) is 0 Å². The summed E-state index contributed by atoms with van der Waals surface area (Å²) in [5.74, 6) is 0. The summed E-state index contributed by atoms with van der Waals surface area (Å²) < 4.78 is 28.1. The molecule has 3 N–H and O–H groups in total. The SMILES string of the molecule is C[C@H](CNCCc1ccc2[nH]c(=O)ccc2c1)NS(=O)(=O)c1ccc2cnccc2c1.Cl. The van der Waals surface area contributed by atoms with Crippen molar-refractivity contribution in [2.75, 3.05) is 13.1 Å². The first-order chi connectivity index (χ1) is 14.9. The Balaban J connectivity index is 0.00000289. The molecule has 2 aromatic heterocycles. The minimum Gasteiger partial charge on any atom is -0.322 e. The standard InChI is InChI=1S/C23H24N4O3S.ClH/c1-16(27-31(29,30)21-5-3-20-15-25-11-9-18(20)13-21)14-24-10-8-17-2-6-22-19(12-17)4-7-23(28)26-22;/h2-7,9,11-13,15-16,24,27H,8,10,14H2,1H3,(H,26,28);1H/t16-;/m1./s1. The quantitative estimate of drug-likeness (QED) is 0.342. The predicted molar refractivity (Wildman–Crippen MR) is 130 cm³/mol. The summed E-state index contributed by atoms with van der Waals surface area (Å²) in [5, 5.41) is 6.03. The van der Waals surface area contributed by atoms with Gasteiger partial charge in [-0.05, 0) is 72.6 Å². The highest BCUT2D eigenvalue weighted by molar-refractivity contribution is 7.89. The Kier molecular flexibility index (Phi) is 7.63. The van der Waals surface area contributed by atoms with E-state index in [2.05, 4.69) is 20.0 Å². The summed E-state index contributed by atoms with van der Waals surface area (Å²) in [6.07, 6.45) is 4.15. The lowest BCUT2D eigenvalue weighted by Gasteiger charge is -2.15. The first-order valence-electron chi connectivity index (χ1n) is 10.1. The van der Waals surface area contributed by atoms with Gasteiger partial charge in [0.2, 0.25) is 15.6 Å². The molecule has 32 heavy (non-hydrogen) atoms. The molecule has 2 aromatic carbocycles. The second kappa shape index (κ2) is 10.2. The summed E-state index contributed by atoms with van der Waals surface area (Å²) in [5.41, 5.74) is 1.85. The van der Waals surface area contributed by atoms with Gasteiger partial charge >= 0.3 is 0 Å². The normalized spacial score (nSPS) is 12.5. The Labute approximate surface area is 192 Å². The Morgan fingerprint density at radius 2 is 1.81 bits per heavy atom. The molecule has 0 radical (unpaired) electrons. The van der Waals surface area contributed by atoms with Crippen LogP contribution in [-0.2, 0) is 16.4 Å². The fourth-order valence-corrected chi connectivity index (χ4v) is 4.79. The number of pyridine rings is 2. The number of hydrogen-bond acceptors (Lipinski definition) is 5. The summed E-state index contributed by atoms with van der Waals surface area (Å²) in [6.45, 7) is 3.06. The molecule has 168 valence electrons. The molecule has 0 aliphatic rings. The van der Waals surface area contributed by atoms with E-state index in [1.165, 1.54) is 6.07 Å². The van der Waals surface area contributed by atoms with Gasteiger partial charge in [0, 0.05) is 41.9 Å². The van der Waals surface area contributed by atoms with Crippen LogP contribution in [0.2, 0.25) is 0 Å². The van der Waals surface area contributed by atoms with Crippen LogP contribution in [-0.4, -0.2) is 37.5 Å². The number of rotatable bonds is 8. The lowest BCUT2D eigenvalue weighted by molar-refractivity contribution is 0.537. The molecule has 2 heterocycles. The maximum absolute atomic E-state index is 12.7. The predicted octanol–water partition coefficient (Wildman–Crippen LogP) is 3.00. The number of hydrogen-bond donors (Lipinski definition) is 3. The zero-order chi connectivity index (χ0) is 21.8. The van der Waals surface area contributed by atoms with Crippen LogP contribution in [0.25, 0.3) is 21.7 Å². The molecule has 0 saturated carbocycles. The van der Waals surface area contributed by atoms with E-state index in [0.29, 0.717) is 13.1 Å². The molecule has 0 bridgehead atoms. The number of aromatic nitrogens is 2. The summed E-state index contributed by atoms with van der Waals surface area (Å²) in [4.78, 5) is 18.5. The molecule has 0 saturated heterocycles. The maximum Gasteiger partial charge on any atom is 0.248 e. The third-order valence-corrected chi connectivity index (χ3v) is 6.69. The molecule has 0 aliphatic carbocycles. The van der Waals surface area contributed by atoms with Crippen LogP contribution in [0, 0.1) is 0 Å². The largest absolute Gasteiger partial charge is 0.322 e. The molecule has 0 unspecified atom stereocenters. The van der Waals surface area contributed by atoms with Gasteiger partial charge in [0.15, 0.2) is 0 Å². The molecule has 0 aliphatic heterocycles. The summed E-state index contributed by atoms with van der Waals surface area (Å²) >= 11 is 0. The minimum atomic E-state index is -3.61. The first kappa shape index (κ1) is 23.9. The van der Waals surface area contributed by atoms with Crippen molar-refractivity contribution in [2.24, 2.45) is 0 Å². The van der Waals surface area contributed by atoms with E-state index < -0.39 is 10.0 Å². The lowest BCUT2D eigenvalue weighted by Crippen LogP contribution is -2.40. The van der Waals surface area contributed by atoms with E-state index in [1.54, 1.807) is 36.7 Å². The highest BCUT2D eigenvalue weighted by Crippen LogP contribution is 2.18. The van der Waals surface area contributed by atoms with Gasteiger partial charge in [-0.2, -0.15) is 0 Å². The Morgan fingerprint density at radius 1 is 1.00 bits per heavy atom. The molecule has 4 rings (SSSR count). The highest BCUT2D eigenvalue weighted by atomic mass is 35.5. The van der Waals surface area contributed by atoms with Crippen LogP contribution < -0.4 is 15.6 Å². The van der Waals surface area contributed by atoms with E-state index in [1.807, 2.05) is 31.2 Å². The molecule has 0 amide bonds. The minimum absolute atomic E-state index is 0. The zero-order valence-corrected chi connectivity index (χ0v) is 19.2. The fourth-order valence-electron chi connectivity index (χ4n) is 3.51. The van der Waals surface area contributed by atoms with Gasteiger partial charge < -0.3 is 10.3 Å². The van der Waals surface area contributed by atoms with Crippen molar-refractivity contribution in [3.05, 3.63) is 82.9 Å². The van der Waals surface area contributed by atoms with Gasteiger partial charge in [-0.3, -0.25) is 9.78 Å². The van der Waals surface area contributed by atoms with Crippen molar-refractivity contribution in [1.29, 1.82) is 0 Å². The Morgan fingerprint density at radius 3 is 2.66 bits per heavy atom. The second-order valence-electron chi connectivity index (χ2n) is 7.61. The third-order valence-electron chi connectivity index (χ3n) is 5.11. The van der Waals surface area contributed by atoms with Crippen molar-refractivity contribution < 1.29 is 8.42 Å².